The molecule has 0 aliphatic heterocycles. The number of hydrogen-bond acceptors (Lipinski definition) is 4. The summed E-state index contributed by atoms with van der Waals surface area (Å²) >= 11 is 5.76. The van der Waals surface area contributed by atoms with Crippen molar-refractivity contribution in [3.8, 4) is 11.5 Å². The third-order valence-electron chi connectivity index (χ3n) is 4.08. The van der Waals surface area contributed by atoms with Crippen LogP contribution < -0.4 is 10.1 Å². The molecule has 2 aromatic carbocycles. The Labute approximate surface area is 172 Å². The topological polar surface area (TPSA) is 79.9 Å². The van der Waals surface area contributed by atoms with Crippen molar-refractivity contribution in [3.63, 3.8) is 0 Å². The van der Waals surface area contributed by atoms with E-state index < -0.39 is 17.6 Å². The molecular formula is C20H12ClF3N4O2. The van der Waals surface area contributed by atoms with Gasteiger partial charge in [-0.3, -0.25) is 15.1 Å². The molecule has 152 valence electrons. The van der Waals surface area contributed by atoms with Crippen LogP contribution in [0.15, 0.2) is 60.9 Å². The number of rotatable bonds is 4. The highest BCUT2D eigenvalue weighted by Crippen LogP contribution is 2.36. The van der Waals surface area contributed by atoms with Crippen molar-refractivity contribution in [2.24, 2.45) is 0 Å². The van der Waals surface area contributed by atoms with E-state index in [1.165, 1.54) is 18.2 Å². The van der Waals surface area contributed by atoms with Gasteiger partial charge in [-0.15, -0.1) is 0 Å². The van der Waals surface area contributed by atoms with Gasteiger partial charge in [-0.1, -0.05) is 11.6 Å². The van der Waals surface area contributed by atoms with Crippen LogP contribution in [0, 0.1) is 0 Å². The fourth-order valence-electron chi connectivity index (χ4n) is 2.76. The van der Waals surface area contributed by atoms with Crippen LogP contribution in [-0.4, -0.2) is 20.9 Å². The normalized spacial score (nSPS) is 11.5. The predicted octanol–water partition coefficient (Wildman–Crippen LogP) is 5.67. The van der Waals surface area contributed by atoms with Crippen molar-refractivity contribution in [1.29, 1.82) is 0 Å². The SMILES string of the molecule is O=C(Nc1nc2c(C(F)(F)F)cc(Cl)cc2[nH]1)c1ccc(Oc2cccnc2)cc1. The molecule has 0 bridgehead atoms. The molecule has 0 aliphatic carbocycles. The third-order valence-corrected chi connectivity index (χ3v) is 4.29. The minimum atomic E-state index is -4.64. The number of nitrogens with one attached hydrogen (secondary N) is 2. The van der Waals surface area contributed by atoms with Crippen LogP contribution in [0.3, 0.4) is 0 Å². The Morgan fingerprint density at radius 2 is 1.87 bits per heavy atom. The van der Waals surface area contributed by atoms with Crippen LogP contribution >= 0.6 is 11.6 Å². The number of fused-ring (bicyclic) bond motifs is 1. The number of ether oxygens (including phenoxy) is 1. The number of anilines is 1. The number of alkyl halides is 3. The molecule has 4 aromatic rings. The van der Waals surface area contributed by atoms with Crippen LogP contribution in [-0.2, 0) is 6.18 Å². The van der Waals surface area contributed by atoms with Crippen LogP contribution in [0.25, 0.3) is 11.0 Å². The molecule has 1 amide bonds. The van der Waals surface area contributed by atoms with E-state index >= 15 is 0 Å². The van der Waals surface area contributed by atoms with Crippen LogP contribution in [0.2, 0.25) is 5.02 Å². The molecule has 10 heteroatoms. The molecule has 6 nitrogen and oxygen atoms in total. The summed E-state index contributed by atoms with van der Waals surface area (Å²) in [5.41, 5.74) is -0.991. The van der Waals surface area contributed by atoms with Crippen molar-refractivity contribution in [3.05, 3.63) is 77.1 Å². The smallest absolute Gasteiger partial charge is 0.418 e. The lowest BCUT2D eigenvalue weighted by molar-refractivity contribution is -0.136. The Morgan fingerprint density at radius 1 is 1.10 bits per heavy atom. The number of imidazole rings is 1. The van der Waals surface area contributed by atoms with Gasteiger partial charge in [-0.2, -0.15) is 13.2 Å². The minimum Gasteiger partial charge on any atom is -0.456 e. The maximum atomic E-state index is 13.2. The lowest BCUT2D eigenvalue weighted by Crippen LogP contribution is -2.12. The van der Waals surface area contributed by atoms with E-state index in [0.29, 0.717) is 11.5 Å². The lowest BCUT2D eigenvalue weighted by atomic mass is 10.2. The lowest BCUT2D eigenvalue weighted by Gasteiger charge is -2.07. The quantitative estimate of drug-likeness (QED) is 0.435. The molecule has 0 unspecified atom stereocenters. The Kier molecular flexibility index (Phi) is 5.04. The number of halogens is 4. The van der Waals surface area contributed by atoms with Gasteiger partial charge < -0.3 is 9.72 Å². The second-order valence-electron chi connectivity index (χ2n) is 6.20. The second-order valence-corrected chi connectivity index (χ2v) is 6.64. The van der Waals surface area contributed by atoms with E-state index in [2.05, 4.69) is 20.3 Å². The predicted molar refractivity (Wildman–Crippen MR) is 105 cm³/mol. The molecule has 0 fully saturated rings. The van der Waals surface area contributed by atoms with Gasteiger partial charge in [-0.05, 0) is 48.5 Å². The molecule has 0 saturated carbocycles. The van der Waals surface area contributed by atoms with Crippen molar-refractivity contribution in [1.82, 2.24) is 15.0 Å². The van der Waals surface area contributed by atoms with Gasteiger partial charge in [0.2, 0.25) is 5.95 Å². The van der Waals surface area contributed by atoms with Crippen molar-refractivity contribution < 1.29 is 22.7 Å². The highest BCUT2D eigenvalue weighted by molar-refractivity contribution is 6.31. The van der Waals surface area contributed by atoms with Gasteiger partial charge in [0, 0.05) is 16.8 Å². The Bertz CT molecular complexity index is 1210. The number of H-pyrrole nitrogens is 1. The second kappa shape index (κ2) is 7.68. The van der Waals surface area contributed by atoms with Crippen molar-refractivity contribution in [2.75, 3.05) is 5.32 Å². The van der Waals surface area contributed by atoms with Gasteiger partial charge in [-0.25, -0.2) is 4.98 Å². The first-order valence-corrected chi connectivity index (χ1v) is 8.93. The molecule has 0 atom stereocenters. The zero-order valence-electron chi connectivity index (χ0n) is 15.0. The van der Waals surface area contributed by atoms with E-state index in [1.54, 1.807) is 36.7 Å². The number of nitrogens with zero attached hydrogens (tertiary/aromatic N) is 2. The highest BCUT2D eigenvalue weighted by atomic mass is 35.5. The minimum absolute atomic E-state index is 0.0605. The number of benzene rings is 2. The molecule has 2 heterocycles. The molecule has 2 aromatic heterocycles. The van der Waals surface area contributed by atoms with Gasteiger partial charge in [0.25, 0.3) is 5.91 Å². The zero-order valence-corrected chi connectivity index (χ0v) is 15.8. The first-order valence-electron chi connectivity index (χ1n) is 8.55. The molecular weight excluding hydrogens is 421 g/mol. The maximum Gasteiger partial charge on any atom is 0.418 e. The van der Waals surface area contributed by atoms with Crippen LogP contribution in [0.4, 0.5) is 19.1 Å². The number of pyridine rings is 1. The van der Waals surface area contributed by atoms with E-state index in [9.17, 15) is 18.0 Å². The average molecular weight is 433 g/mol. The molecule has 0 radical (unpaired) electrons. The van der Waals surface area contributed by atoms with Gasteiger partial charge >= 0.3 is 6.18 Å². The molecule has 2 N–H and O–H groups in total. The molecule has 0 spiro atoms. The van der Waals surface area contributed by atoms with E-state index in [4.69, 9.17) is 16.3 Å². The molecule has 0 aliphatic rings. The number of amides is 1. The van der Waals surface area contributed by atoms with Crippen molar-refractivity contribution in [2.45, 2.75) is 6.18 Å². The Balaban J connectivity index is 1.53. The van der Waals surface area contributed by atoms with Gasteiger partial charge in [0.15, 0.2) is 0 Å². The Hall–Kier alpha value is -3.59. The zero-order chi connectivity index (χ0) is 21.3. The third kappa shape index (κ3) is 4.20. The fourth-order valence-corrected chi connectivity index (χ4v) is 2.97. The molecule has 4 rings (SSSR count). The first kappa shape index (κ1) is 19.7. The highest BCUT2D eigenvalue weighted by Gasteiger charge is 2.34. The standard InChI is InChI=1S/C20H12ClF3N4O2/c21-12-8-15(20(22,23)24)17-16(9-12)26-19(27-17)28-18(29)11-3-5-13(6-4-11)30-14-2-1-7-25-10-14/h1-10H,(H2,26,27,28,29). The van der Waals surface area contributed by atoms with E-state index in [-0.39, 0.29) is 27.6 Å². The largest absolute Gasteiger partial charge is 0.456 e. The summed E-state index contributed by atoms with van der Waals surface area (Å²) in [6, 6.07) is 11.8. The number of aromatic amines is 1. The Morgan fingerprint density at radius 3 is 2.53 bits per heavy atom. The molecule has 30 heavy (non-hydrogen) atoms. The summed E-state index contributed by atoms with van der Waals surface area (Å²) in [5, 5.41) is 2.35. The summed E-state index contributed by atoms with van der Waals surface area (Å²) in [6.07, 6.45) is -1.47. The number of carbonyl (C=O) groups excluding carboxylic acids is 1. The monoisotopic (exact) mass is 432 g/mol. The summed E-state index contributed by atoms with van der Waals surface area (Å²) in [5.74, 6) is 0.351. The number of carbonyl (C=O) groups is 1. The maximum absolute atomic E-state index is 13.2. The summed E-state index contributed by atoms with van der Waals surface area (Å²) in [6.45, 7) is 0. The first-order chi connectivity index (χ1) is 14.3. The van der Waals surface area contributed by atoms with Crippen molar-refractivity contribution >= 4 is 34.5 Å². The van der Waals surface area contributed by atoms with Gasteiger partial charge in [0.1, 0.15) is 17.0 Å². The number of hydrogen-bond donors (Lipinski definition) is 2. The fraction of sp³-hybridized carbons (Fsp3) is 0.0500. The van der Waals surface area contributed by atoms with E-state index in [0.717, 1.165) is 6.07 Å². The summed E-state index contributed by atoms with van der Waals surface area (Å²) in [4.78, 5) is 22.9. The molecule has 0 saturated heterocycles. The average Bonchev–Trinajstić information content (AvgIpc) is 3.09. The van der Waals surface area contributed by atoms with Crippen LogP contribution in [0.5, 0.6) is 11.5 Å². The van der Waals surface area contributed by atoms with Crippen LogP contribution in [0.1, 0.15) is 15.9 Å². The summed E-state index contributed by atoms with van der Waals surface area (Å²) in [7, 11) is 0. The summed E-state index contributed by atoms with van der Waals surface area (Å²) < 4.78 is 45.2. The van der Waals surface area contributed by atoms with E-state index in [1.807, 2.05) is 0 Å². The van der Waals surface area contributed by atoms with Gasteiger partial charge in [0.05, 0.1) is 17.3 Å². The number of aromatic nitrogens is 3.